The summed E-state index contributed by atoms with van der Waals surface area (Å²) in [5.41, 5.74) is 0.717. The third kappa shape index (κ3) is 2.58. The molecule has 23 heavy (non-hydrogen) atoms. The fourth-order valence-electron chi connectivity index (χ4n) is 3.47. The molecule has 1 aliphatic rings. The monoisotopic (exact) mass is 311 g/mol. The van der Waals surface area contributed by atoms with E-state index in [1.807, 2.05) is 41.1 Å². The average Bonchev–Trinajstić information content (AvgIpc) is 3.12. The third-order valence-electron chi connectivity index (χ3n) is 4.65. The van der Waals surface area contributed by atoms with E-state index in [2.05, 4.69) is 6.58 Å². The van der Waals surface area contributed by atoms with E-state index >= 15 is 0 Å². The first-order valence-corrected chi connectivity index (χ1v) is 8.03. The molecule has 0 aliphatic heterocycles. The number of hydrogen-bond acceptors (Lipinski definition) is 3. The number of aromatic nitrogens is 1. The molecule has 120 valence electrons. The third-order valence-corrected chi connectivity index (χ3v) is 4.65. The molecule has 0 saturated heterocycles. The molecule has 1 aromatic carbocycles. The van der Waals surface area contributed by atoms with Crippen LogP contribution in [0.3, 0.4) is 0 Å². The molecule has 4 nitrogen and oxygen atoms in total. The van der Waals surface area contributed by atoms with Crippen molar-refractivity contribution in [3.63, 3.8) is 0 Å². The number of hydrogen-bond donors (Lipinski definition) is 0. The number of fused-ring (bicyclic) bond motifs is 1. The highest BCUT2D eigenvalue weighted by atomic mass is 16.5. The number of benzene rings is 1. The highest BCUT2D eigenvalue weighted by Crippen LogP contribution is 2.42. The second-order valence-electron chi connectivity index (χ2n) is 6.07. The number of ether oxygens (including phenoxy) is 1. The summed E-state index contributed by atoms with van der Waals surface area (Å²) in [5.74, 6) is -0.423. The molecule has 1 saturated carbocycles. The van der Waals surface area contributed by atoms with Crippen molar-refractivity contribution in [1.82, 2.24) is 4.57 Å². The highest BCUT2D eigenvalue weighted by molar-refractivity contribution is 6.06. The summed E-state index contributed by atoms with van der Waals surface area (Å²) in [6.45, 7) is 6.18. The Morgan fingerprint density at radius 2 is 2.13 bits per heavy atom. The van der Waals surface area contributed by atoms with Crippen LogP contribution in [0.25, 0.3) is 16.6 Å². The molecule has 1 fully saturated rings. The van der Waals surface area contributed by atoms with Gasteiger partial charge in [0.2, 0.25) is 0 Å². The first-order valence-electron chi connectivity index (χ1n) is 8.03. The van der Waals surface area contributed by atoms with E-state index in [0.717, 1.165) is 23.0 Å². The normalized spacial score (nSPS) is 20.8. The van der Waals surface area contributed by atoms with Crippen LogP contribution in [0.2, 0.25) is 0 Å². The largest absolute Gasteiger partial charge is 0.465 e. The van der Waals surface area contributed by atoms with Gasteiger partial charge >= 0.3 is 5.97 Å². The quantitative estimate of drug-likeness (QED) is 0.623. The predicted molar refractivity (Wildman–Crippen MR) is 89.8 cm³/mol. The lowest BCUT2D eigenvalue weighted by Gasteiger charge is -2.26. The van der Waals surface area contributed by atoms with Crippen molar-refractivity contribution in [3.05, 3.63) is 43.1 Å². The zero-order chi connectivity index (χ0) is 16.4. The summed E-state index contributed by atoms with van der Waals surface area (Å²) in [4.78, 5) is 24.9. The van der Waals surface area contributed by atoms with Gasteiger partial charge in [-0.3, -0.25) is 9.59 Å². The predicted octanol–water partition coefficient (Wildman–Crippen LogP) is 3.80. The molecule has 4 heteroatoms. The molecule has 0 N–H and O–H groups in total. The number of Topliss-reactive ketones (excluding diaryl/α,β-unsaturated/α-hetero) is 1. The van der Waals surface area contributed by atoms with Gasteiger partial charge in [-0.05, 0) is 37.3 Å². The zero-order valence-electron chi connectivity index (χ0n) is 13.4. The topological polar surface area (TPSA) is 48.3 Å². The van der Waals surface area contributed by atoms with Crippen LogP contribution in [-0.4, -0.2) is 22.9 Å². The lowest BCUT2D eigenvalue weighted by molar-refractivity contribution is -0.158. The summed E-state index contributed by atoms with van der Waals surface area (Å²) in [6.07, 6.45) is 3.97. The molecule has 1 aromatic heterocycles. The molecular formula is C19H21NO3. The highest BCUT2D eigenvalue weighted by Gasteiger charge is 2.50. The van der Waals surface area contributed by atoms with Gasteiger partial charge in [-0.1, -0.05) is 24.8 Å². The minimum absolute atomic E-state index is 0.0199. The Morgan fingerprint density at radius 3 is 2.83 bits per heavy atom. The number of ketones is 1. The van der Waals surface area contributed by atoms with E-state index in [1.54, 1.807) is 6.92 Å². The van der Waals surface area contributed by atoms with Crippen LogP contribution in [0.15, 0.2) is 43.1 Å². The van der Waals surface area contributed by atoms with Gasteiger partial charge in [0.25, 0.3) is 0 Å². The number of nitrogens with zero attached hydrogens (tertiary/aromatic N) is 1. The number of esters is 1. The fraction of sp³-hybridized carbons (Fsp3) is 0.368. The summed E-state index contributed by atoms with van der Waals surface area (Å²) < 4.78 is 7.16. The van der Waals surface area contributed by atoms with E-state index in [1.165, 1.54) is 0 Å². The van der Waals surface area contributed by atoms with Crippen LogP contribution in [0.5, 0.6) is 0 Å². The molecule has 1 heterocycles. The molecule has 0 unspecified atom stereocenters. The number of allylic oxidation sites excluding steroid dienone is 1. The molecule has 1 atom stereocenters. The lowest BCUT2D eigenvalue weighted by atomic mass is 9.80. The summed E-state index contributed by atoms with van der Waals surface area (Å²) in [5, 5.41) is 1.11. The Balaban J connectivity index is 1.93. The Bertz CT molecular complexity index is 774. The van der Waals surface area contributed by atoms with Crippen molar-refractivity contribution in [2.24, 2.45) is 5.41 Å². The van der Waals surface area contributed by atoms with E-state index in [9.17, 15) is 9.59 Å². The standard InChI is InChI=1S/C19H21NO3/c1-3-23-18(22)19(11-6-9-17(19)21)13-14(2)20-12-10-15-7-4-5-8-16(15)20/h4-5,7-8,10,12H,2-3,6,9,11,13H2,1H3/t19-/m1/s1. The van der Waals surface area contributed by atoms with Crippen molar-refractivity contribution in [1.29, 1.82) is 0 Å². The molecule has 3 rings (SSSR count). The van der Waals surface area contributed by atoms with Gasteiger partial charge < -0.3 is 9.30 Å². The maximum Gasteiger partial charge on any atom is 0.320 e. The van der Waals surface area contributed by atoms with Crippen LogP contribution in [0.4, 0.5) is 0 Å². The van der Waals surface area contributed by atoms with Crippen molar-refractivity contribution in [2.45, 2.75) is 32.6 Å². The minimum atomic E-state index is -1.06. The van der Waals surface area contributed by atoms with Crippen molar-refractivity contribution >= 4 is 28.4 Å². The van der Waals surface area contributed by atoms with Crippen LogP contribution in [-0.2, 0) is 14.3 Å². The molecule has 2 aromatic rings. The molecule has 1 aliphatic carbocycles. The maximum absolute atomic E-state index is 12.5. The van der Waals surface area contributed by atoms with Gasteiger partial charge in [0.1, 0.15) is 5.41 Å². The van der Waals surface area contributed by atoms with E-state index in [0.29, 0.717) is 19.3 Å². The summed E-state index contributed by atoms with van der Waals surface area (Å²) in [7, 11) is 0. The van der Waals surface area contributed by atoms with E-state index < -0.39 is 11.4 Å². The number of rotatable bonds is 5. The molecule has 0 amide bonds. The molecule has 0 radical (unpaired) electrons. The number of para-hydroxylation sites is 1. The van der Waals surface area contributed by atoms with Crippen LogP contribution >= 0.6 is 0 Å². The van der Waals surface area contributed by atoms with Crippen molar-refractivity contribution in [3.8, 4) is 0 Å². The SMILES string of the molecule is C=C(C[C@]1(C(=O)OCC)CCCC1=O)n1ccc2ccccc21. The van der Waals surface area contributed by atoms with Crippen molar-refractivity contribution < 1.29 is 14.3 Å². The van der Waals surface area contributed by atoms with Gasteiger partial charge in [-0.15, -0.1) is 0 Å². The van der Waals surface area contributed by atoms with Crippen molar-refractivity contribution in [2.75, 3.05) is 6.61 Å². The van der Waals surface area contributed by atoms with Gasteiger partial charge in [-0.2, -0.15) is 0 Å². The second-order valence-corrected chi connectivity index (χ2v) is 6.07. The van der Waals surface area contributed by atoms with Crippen LogP contribution in [0.1, 0.15) is 32.6 Å². The summed E-state index contributed by atoms with van der Waals surface area (Å²) in [6, 6.07) is 9.99. The first-order chi connectivity index (χ1) is 11.1. The smallest absolute Gasteiger partial charge is 0.320 e. The molecule has 0 spiro atoms. The molecule has 0 bridgehead atoms. The van der Waals surface area contributed by atoms with Gasteiger partial charge in [-0.25, -0.2) is 0 Å². The molecular weight excluding hydrogens is 290 g/mol. The van der Waals surface area contributed by atoms with Gasteiger partial charge in [0.15, 0.2) is 5.78 Å². The first kappa shape index (κ1) is 15.5. The van der Waals surface area contributed by atoms with Gasteiger partial charge in [0, 0.05) is 24.7 Å². The second kappa shape index (κ2) is 6.03. The minimum Gasteiger partial charge on any atom is -0.465 e. The lowest BCUT2D eigenvalue weighted by Crippen LogP contribution is -2.37. The average molecular weight is 311 g/mol. The van der Waals surface area contributed by atoms with Gasteiger partial charge in [0.05, 0.1) is 12.1 Å². The Kier molecular flexibility index (Phi) is 4.07. The van der Waals surface area contributed by atoms with E-state index in [-0.39, 0.29) is 12.4 Å². The Labute approximate surface area is 135 Å². The van der Waals surface area contributed by atoms with Crippen LogP contribution in [0, 0.1) is 5.41 Å². The Hall–Kier alpha value is -2.36. The van der Waals surface area contributed by atoms with E-state index in [4.69, 9.17) is 4.74 Å². The zero-order valence-corrected chi connectivity index (χ0v) is 13.4. The maximum atomic E-state index is 12.5. The summed E-state index contributed by atoms with van der Waals surface area (Å²) >= 11 is 0. The fourth-order valence-corrected chi connectivity index (χ4v) is 3.47. The van der Waals surface area contributed by atoms with Crippen LogP contribution < -0.4 is 0 Å². The Morgan fingerprint density at radius 1 is 1.35 bits per heavy atom. The number of carbonyl (C=O) groups excluding carboxylic acids is 2. The number of carbonyl (C=O) groups is 2.